The first kappa shape index (κ1) is 22.6. The van der Waals surface area contributed by atoms with Gasteiger partial charge in [0.1, 0.15) is 12.2 Å². The van der Waals surface area contributed by atoms with E-state index in [9.17, 15) is 19.8 Å². The lowest BCUT2D eigenvalue weighted by molar-refractivity contribution is -0.171. The third-order valence-corrected chi connectivity index (χ3v) is 8.67. The normalized spacial score (nSPS) is 39.1. The van der Waals surface area contributed by atoms with E-state index in [1.807, 2.05) is 6.08 Å². The number of rotatable bonds is 7. The molecule has 5 atom stereocenters. The predicted octanol–water partition coefficient (Wildman–Crippen LogP) is 3.84. The Morgan fingerprint density at radius 3 is 2.74 bits per heavy atom. The summed E-state index contributed by atoms with van der Waals surface area (Å²) in [4.78, 5) is 25.1. The van der Waals surface area contributed by atoms with Crippen LogP contribution >= 0.6 is 0 Å². The average molecular weight is 429 g/mol. The van der Waals surface area contributed by atoms with Crippen LogP contribution in [0.3, 0.4) is 0 Å². The van der Waals surface area contributed by atoms with Crippen molar-refractivity contribution in [2.75, 3.05) is 13.2 Å². The summed E-state index contributed by atoms with van der Waals surface area (Å²) in [6, 6.07) is 0. The maximum Gasteiger partial charge on any atom is 0.190 e. The predicted molar refractivity (Wildman–Crippen MR) is 118 cm³/mol. The lowest BCUT2D eigenvalue weighted by atomic mass is 9.52. The number of hydrogen-bond acceptors (Lipinski definition) is 5. The SMILES string of the molecule is CCCCCO[C@]1(C(=O)CO)CC[C@H]2C3=C(C(O)C[C@@]21C)[C@@]1(C)C=CC(=O)C=C1CC3. The van der Waals surface area contributed by atoms with E-state index in [-0.39, 0.29) is 17.5 Å². The number of ketones is 2. The maximum absolute atomic E-state index is 13.1. The molecule has 4 aliphatic rings. The van der Waals surface area contributed by atoms with Crippen molar-refractivity contribution in [1.82, 2.24) is 0 Å². The van der Waals surface area contributed by atoms with Crippen molar-refractivity contribution >= 4 is 11.6 Å². The molecule has 0 amide bonds. The number of fused-ring (bicyclic) bond motifs is 4. The quantitative estimate of drug-likeness (QED) is 0.476. The molecule has 2 N–H and O–H groups in total. The minimum Gasteiger partial charge on any atom is -0.389 e. The Hall–Kier alpha value is -1.56. The van der Waals surface area contributed by atoms with Crippen LogP contribution < -0.4 is 0 Å². The minimum absolute atomic E-state index is 0.0144. The molecule has 0 aromatic carbocycles. The van der Waals surface area contributed by atoms with E-state index >= 15 is 0 Å². The summed E-state index contributed by atoms with van der Waals surface area (Å²) in [6.07, 6.45) is 11.0. The zero-order valence-corrected chi connectivity index (χ0v) is 19.1. The van der Waals surface area contributed by atoms with Gasteiger partial charge >= 0.3 is 0 Å². The molecular formula is C26H36O5. The summed E-state index contributed by atoms with van der Waals surface area (Å²) < 4.78 is 6.38. The summed E-state index contributed by atoms with van der Waals surface area (Å²) in [5, 5.41) is 21.3. The van der Waals surface area contributed by atoms with Gasteiger partial charge in [-0.15, -0.1) is 0 Å². The number of allylic oxidation sites excluding steroid dienone is 5. The largest absolute Gasteiger partial charge is 0.389 e. The van der Waals surface area contributed by atoms with E-state index in [1.54, 1.807) is 12.2 Å². The fourth-order valence-corrected chi connectivity index (χ4v) is 7.08. The van der Waals surface area contributed by atoms with Gasteiger partial charge in [0.15, 0.2) is 11.6 Å². The van der Waals surface area contributed by atoms with Crippen LogP contribution in [-0.4, -0.2) is 46.7 Å². The molecule has 0 radical (unpaired) electrons. The standard InChI is InChI=1S/C26H36O5/c1-4-5-6-13-31-26(22(30)16-27)12-10-20-19-8-7-17-14-18(28)9-11-24(17,2)23(19)21(29)15-25(20,26)3/h9,11,14,20-21,27,29H,4-8,10,12-13,15-16H2,1-3H3/t20-,21?,24-,25-,26-/m0/s1. The third-order valence-electron chi connectivity index (χ3n) is 8.67. The van der Waals surface area contributed by atoms with Crippen LogP contribution in [0, 0.1) is 16.7 Å². The van der Waals surface area contributed by atoms with Crippen molar-refractivity contribution in [3.05, 3.63) is 34.9 Å². The van der Waals surface area contributed by atoms with Crippen molar-refractivity contribution < 1.29 is 24.5 Å². The van der Waals surface area contributed by atoms with Gasteiger partial charge in [-0.3, -0.25) is 9.59 Å². The highest BCUT2D eigenvalue weighted by molar-refractivity contribution is 6.01. The molecule has 0 spiro atoms. The number of carbonyl (C=O) groups is 2. The Bertz CT molecular complexity index is 867. The van der Waals surface area contributed by atoms with Crippen molar-refractivity contribution in [2.45, 2.75) is 83.8 Å². The molecule has 0 heterocycles. The molecule has 0 bridgehead atoms. The smallest absolute Gasteiger partial charge is 0.190 e. The summed E-state index contributed by atoms with van der Waals surface area (Å²) in [6.45, 7) is 6.28. The van der Waals surface area contributed by atoms with Gasteiger partial charge in [0.05, 0.1) is 6.10 Å². The van der Waals surface area contributed by atoms with Gasteiger partial charge in [0.25, 0.3) is 0 Å². The Labute approximate surface area is 185 Å². The molecule has 1 unspecified atom stereocenters. The fraction of sp³-hybridized carbons (Fsp3) is 0.692. The molecule has 31 heavy (non-hydrogen) atoms. The van der Waals surface area contributed by atoms with E-state index in [0.717, 1.165) is 49.7 Å². The summed E-state index contributed by atoms with van der Waals surface area (Å²) in [5.74, 6) is -0.103. The minimum atomic E-state index is -1.05. The number of Topliss-reactive ketones (excluding diaryl/α,β-unsaturated/α-hetero) is 1. The molecule has 0 aliphatic heterocycles. The third kappa shape index (κ3) is 3.23. The highest BCUT2D eigenvalue weighted by atomic mass is 16.5. The molecular weight excluding hydrogens is 392 g/mol. The van der Waals surface area contributed by atoms with Gasteiger partial charge in [-0.1, -0.05) is 43.9 Å². The first-order valence-electron chi connectivity index (χ1n) is 11.9. The van der Waals surface area contributed by atoms with Crippen molar-refractivity contribution in [1.29, 1.82) is 0 Å². The van der Waals surface area contributed by atoms with Gasteiger partial charge in [-0.25, -0.2) is 0 Å². The molecule has 5 heteroatoms. The van der Waals surface area contributed by atoms with Crippen molar-refractivity contribution in [2.24, 2.45) is 16.7 Å². The molecule has 0 saturated heterocycles. The van der Waals surface area contributed by atoms with Crippen LogP contribution in [0.25, 0.3) is 0 Å². The number of unbranched alkanes of at least 4 members (excludes halogenated alkanes) is 2. The molecule has 4 rings (SSSR count). The summed E-state index contributed by atoms with van der Waals surface area (Å²) in [5.41, 5.74) is 1.31. The van der Waals surface area contributed by atoms with Gasteiger partial charge in [0, 0.05) is 17.4 Å². The zero-order valence-electron chi connectivity index (χ0n) is 19.1. The van der Waals surface area contributed by atoms with E-state index in [1.165, 1.54) is 5.57 Å². The molecule has 170 valence electrons. The highest BCUT2D eigenvalue weighted by Gasteiger charge is 2.66. The average Bonchev–Trinajstić information content (AvgIpc) is 3.03. The topological polar surface area (TPSA) is 83.8 Å². The van der Waals surface area contributed by atoms with Crippen LogP contribution in [0.2, 0.25) is 0 Å². The van der Waals surface area contributed by atoms with E-state index in [2.05, 4.69) is 20.8 Å². The van der Waals surface area contributed by atoms with E-state index in [4.69, 9.17) is 4.74 Å². The Morgan fingerprint density at radius 1 is 1.26 bits per heavy atom. The zero-order chi connectivity index (χ0) is 22.4. The van der Waals surface area contributed by atoms with Crippen molar-refractivity contribution in [3.8, 4) is 0 Å². The summed E-state index contributed by atoms with van der Waals surface area (Å²) in [7, 11) is 0. The first-order valence-corrected chi connectivity index (χ1v) is 11.9. The number of aliphatic hydroxyl groups is 2. The van der Waals surface area contributed by atoms with Crippen LogP contribution in [0.5, 0.6) is 0 Å². The highest BCUT2D eigenvalue weighted by Crippen LogP contribution is 2.65. The van der Waals surface area contributed by atoms with Gasteiger partial charge in [-0.2, -0.15) is 0 Å². The van der Waals surface area contributed by atoms with Gasteiger partial charge in [-0.05, 0) is 69.1 Å². The van der Waals surface area contributed by atoms with E-state index < -0.39 is 29.1 Å². The van der Waals surface area contributed by atoms with Crippen LogP contribution in [0.15, 0.2) is 34.9 Å². The fourth-order valence-electron chi connectivity index (χ4n) is 7.08. The second-order valence-corrected chi connectivity index (χ2v) is 10.2. The second kappa shape index (κ2) is 8.09. The maximum atomic E-state index is 13.1. The van der Waals surface area contributed by atoms with Crippen LogP contribution in [0.1, 0.15) is 72.1 Å². The van der Waals surface area contributed by atoms with Crippen LogP contribution in [0.4, 0.5) is 0 Å². The molecule has 0 aromatic heterocycles. The van der Waals surface area contributed by atoms with E-state index in [0.29, 0.717) is 19.4 Å². The number of carbonyl (C=O) groups excluding carboxylic acids is 2. The number of ether oxygens (including phenoxy) is 1. The first-order chi connectivity index (χ1) is 14.7. The van der Waals surface area contributed by atoms with Gasteiger partial charge in [0.2, 0.25) is 0 Å². The monoisotopic (exact) mass is 428 g/mol. The molecule has 5 nitrogen and oxygen atoms in total. The van der Waals surface area contributed by atoms with Gasteiger partial charge < -0.3 is 14.9 Å². The number of hydrogen-bond donors (Lipinski definition) is 2. The Kier molecular flexibility index (Phi) is 5.91. The molecule has 4 aliphatic carbocycles. The lowest BCUT2D eigenvalue weighted by Gasteiger charge is -2.54. The van der Waals surface area contributed by atoms with Crippen LogP contribution in [-0.2, 0) is 14.3 Å². The molecule has 0 aromatic rings. The molecule has 1 saturated carbocycles. The lowest BCUT2D eigenvalue weighted by Crippen LogP contribution is -2.58. The second-order valence-electron chi connectivity index (χ2n) is 10.2. The molecule has 1 fully saturated rings. The Balaban J connectivity index is 1.75. The Morgan fingerprint density at radius 2 is 2.03 bits per heavy atom. The summed E-state index contributed by atoms with van der Waals surface area (Å²) >= 11 is 0. The van der Waals surface area contributed by atoms with Crippen molar-refractivity contribution in [3.63, 3.8) is 0 Å². The number of aliphatic hydroxyl groups excluding tert-OH is 2.